The van der Waals surface area contributed by atoms with Crippen LogP contribution < -0.4 is 14.8 Å². The van der Waals surface area contributed by atoms with E-state index in [0.29, 0.717) is 48.5 Å². The van der Waals surface area contributed by atoms with E-state index < -0.39 is 0 Å². The van der Waals surface area contributed by atoms with E-state index >= 15 is 0 Å². The van der Waals surface area contributed by atoms with Crippen molar-refractivity contribution in [3.8, 4) is 22.9 Å². The number of nitrogens with zero attached hydrogens (tertiary/aromatic N) is 2. The highest BCUT2D eigenvalue weighted by atomic mass is 16.5. The second-order valence-electron chi connectivity index (χ2n) is 7.28. The van der Waals surface area contributed by atoms with Crippen molar-refractivity contribution in [2.24, 2.45) is 0 Å². The Morgan fingerprint density at radius 1 is 1.00 bits per heavy atom. The number of amides is 1. The molecule has 3 rings (SSSR count). The lowest BCUT2D eigenvalue weighted by atomic mass is 10.1. The molecule has 0 radical (unpaired) electrons. The van der Waals surface area contributed by atoms with Gasteiger partial charge in [0.1, 0.15) is 0 Å². The minimum absolute atomic E-state index is 0.140. The molecule has 2 aromatic carbocycles. The van der Waals surface area contributed by atoms with E-state index in [9.17, 15) is 4.79 Å². The molecule has 0 aliphatic carbocycles. The van der Waals surface area contributed by atoms with Crippen LogP contribution in [0.25, 0.3) is 11.4 Å². The zero-order valence-corrected chi connectivity index (χ0v) is 18.3. The van der Waals surface area contributed by atoms with Crippen LogP contribution in [0.15, 0.2) is 47.0 Å². The number of nitrogens with one attached hydrogen (secondary N) is 1. The zero-order chi connectivity index (χ0) is 22.1. The highest BCUT2D eigenvalue weighted by molar-refractivity contribution is 5.91. The summed E-state index contributed by atoms with van der Waals surface area (Å²) >= 11 is 0. The first kappa shape index (κ1) is 22.3. The Balaban J connectivity index is 1.57. The summed E-state index contributed by atoms with van der Waals surface area (Å²) in [7, 11) is 0. The molecular formula is C24H29N3O4. The molecule has 0 bridgehead atoms. The van der Waals surface area contributed by atoms with Crippen LogP contribution in [0.2, 0.25) is 0 Å². The number of carbonyl (C=O) groups excluding carboxylic acids is 1. The van der Waals surface area contributed by atoms with Gasteiger partial charge < -0.3 is 19.3 Å². The van der Waals surface area contributed by atoms with Crippen LogP contribution >= 0.6 is 0 Å². The van der Waals surface area contributed by atoms with Gasteiger partial charge in [0.05, 0.1) is 13.2 Å². The van der Waals surface area contributed by atoms with Crippen molar-refractivity contribution >= 4 is 11.6 Å². The third-order valence-corrected chi connectivity index (χ3v) is 4.49. The van der Waals surface area contributed by atoms with E-state index in [2.05, 4.69) is 15.5 Å². The smallest absolute Gasteiger partial charge is 0.227 e. The van der Waals surface area contributed by atoms with Gasteiger partial charge in [-0.25, -0.2) is 0 Å². The average Bonchev–Trinajstić information content (AvgIpc) is 3.25. The van der Waals surface area contributed by atoms with E-state index in [1.54, 1.807) is 6.07 Å². The van der Waals surface area contributed by atoms with Crippen LogP contribution in [0.4, 0.5) is 5.69 Å². The van der Waals surface area contributed by atoms with Crippen LogP contribution in [0.5, 0.6) is 11.5 Å². The molecule has 31 heavy (non-hydrogen) atoms. The number of aryl methyl sites for hydroxylation is 2. The molecule has 0 unspecified atom stereocenters. The number of aromatic nitrogens is 2. The van der Waals surface area contributed by atoms with Crippen LogP contribution in [0, 0.1) is 6.92 Å². The minimum Gasteiger partial charge on any atom is -0.490 e. The van der Waals surface area contributed by atoms with E-state index in [4.69, 9.17) is 14.0 Å². The Labute approximate surface area is 182 Å². The van der Waals surface area contributed by atoms with Crippen LogP contribution in [0.3, 0.4) is 0 Å². The van der Waals surface area contributed by atoms with Crippen LogP contribution in [-0.2, 0) is 11.2 Å². The van der Waals surface area contributed by atoms with Gasteiger partial charge in [-0.2, -0.15) is 4.98 Å². The fourth-order valence-electron chi connectivity index (χ4n) is 2.86. The Hall–Kier alpha value is -3.35. The summed E-state index contributed by atoms with van der Waals surface area (Å²) < 4.78 is 16.8. The molecule has 0 atom stereocenters. The van der Waals surface area contributed by atoms with E-state index in [0.717, 1.165) is 24.0 Å². The number of rotatable bonds is 11. The second kappa shape index (κ2) is 11.2. The molecule has 0 saturated heterocycles. The van der Waals surface area contributed by atoms with Crippen LogP contribution in [0.1, 0.15) is 44.6 Å². The van der Waals surface area contributed by atoms with Gasteiger partial charge in [0.2, 0.25) is 17.6 Å². The normalized spacial score (nSPS) is 10.7. The summed E-state index contributed by atoms with van der Waals surface area (Å²) in [6.45, 7) is 7.31. The minimum atomic E-state index is -0.140. The average molecular weight is 424 g/mol. The number of ether oxygens (including phenoxy) is 2. The molecule has 0 fully saturated rings. The van der Waals surface area contributed by atoms with Gasteiger partial charge in [0, 0.05) is 30.2 Å². The van der Waals surface area contributed by atoms with Crippen molar-refractivity contribution in [3.63, 3.8) is 0 Å². The molecule has 7 nitrogen and oxygen atoms in total. The van der Waals surface area contributed by atoms with Crippen molar-refractivity contribution in [2.45, 2.75) is 46.5 Å². The van der Waals surface area contributed by atoms with Gasteiger partial charge in [-0.05, 0) is 31.9 Å². The van der Waals surface area contributed by atoms with Crippen molar-refractivity contribution in [1.82, 2.24) is 10.1 Å². The number of hydrogen-bond acceptors (Lipinski definition) is 6. The summed E-state index contributed by atoms with van der Waals surface area (Å²) in [5.41, 5.74) is 2.71. The van der Waals surface area contributed by atoms with E-state index in [1.165, 1.54) is 0 Å². The van der Waals surface area contributed by atoms with Gasteiger partial charge in [-0.1, -0.05) is 48.8 Å². The molecule has 1 aromatic heterocycles. The fourth-order valence-corrected chi connectivity index (χ4v) is 2.86. The first-order valence-corrected chi connectivity index (χ1v) is 10.7. The van der Waals surface area contributed by atoms with E-state index in [1.807, 2.05) is 57.2 Å². The summed E-state index contributed by atoms with van der Waals surface area (Å²) in [6.07, 6.45) is 2.39. The Kier molecular flexibility index (Phi) is 8.04. The fraction of sp³-hybridized carbons (Fsp3) is 0.375. The topological polar surface area (TPSA) is 86.5 Å². The second-order valence-corrected chi connectivity index (χ2v) is 7.28. The third kappa shape index (κ3) is 6.57. The first-order chi connectivity index (χ1) is 15.1. The number of carbonyl (C=O) groups is 1. The molecule has 164 valence electrons. The van der Waals surface area contributed by atoms with Gasteiger partial charge in [0.25, 0.3) is 0 Å². The summed E-state index contributed by atoms with van der Waals surface area (Å²) in [4.78, 5) is 16.8. The molecule has 0 aliphatic heterocycles. The SMILES string of the molecule is CCCOc1ccc(NC(=O)CCc2nc(-c3ccc(C)cc3)no2)cc1OCCC. The number of anilines is 1. The standard InChI is InChI=1S/C24H29N3O4/c1-4-14-29-20-11-10-19(16-21(20)30-15-5-2)25-22(28)12-13-23-26-24(27-31-23)18-8-6-17(3)7-9-18/h6-11,16H,4-5,12-15H2,1-3H3,(H,25,28). The lowest BCUT2D eigenvalue weighted by molar-refractivity contribution is -0.116. The quantitative estimate of drug-likeness (QED) is 0.456. The third-order valence-electron chi connectivity index (χ3n) is 4.49. The zero-order valence-electron chi connectivity index (χ0n) is 18.3. The molecule has 1 amide bonds. The van der Waals surface area contributed by atoms with Gasteiger partial charge in [-0.15, -0.1) is 0 Å². The highest BCUT2D eigenvalue weighted by Gasteiger charge is 2.12. The maximum Gasteiger partial charge on any atom is 0.227 e. The maximum atomic E-state index is 12.4. The summed E-state index contributed by atoms with van der Waals surface area (Å²) in [5, 5.41) is 6.90. The predicted molar refractivity (Wildman–Crippen MR) is 119 cm³/mol. The number of hydrogen-bond donors (Lipinski definition) is 1. The predicted octanol–water partition coefficient (Wildman–Crippen LogP) is 5.19. The van der Waals surface area contributed by atoms with Crippen molar-refractivity contribution in [2.75, 3.05) is 18.5 Å². The molecule has 3 aromatic rings. The molecule has 0 aliphatic rings. The first-order valence-electron chi connectivity index (χ1n) is 10.7. The van der Waals surface area contributed by atoms with Crippen molar-refractivity contribution in [1.29, 1.82) is 0 Å². The number of benzene rings is 2. The molecule has 0 saturated carbocycles. The largest absolute Gasteiger partial charge is 0.490 e. The van der Waals surface area contributed by atoms with Gasteiger partial charge in [-0.3, -0.25) is 4.79 Å². The van der Waals surface area contributed by atoms with Crippen molar-refractivity contribution < 1.29 is 18.8 Å². The Morgan fingerprint density at radius 3 is 2.42 bits per heavy atom. The highest BCUT2D eigenvalue weighted by Crippen LogP contribution is 2.31. The Morgan fingerprint density at radius 2 is 1.71 bits per heavy atom. The van der Waals surface area contributed by atoms with Crippen molar-refractivity contribution in [3.05, 3.63) is 53.9 Å². The van der Waals surface area contributed by atoms with Gasteiger partial charge >= 0.3 is 0 Å². The van der Waals surface area contributed by atoms with E-state index in [-0.39, 0.29) is 12.3 Å². The molecule has 0 spiro atoms. The lowest BCUT2D eigenvalue weighted by Gasteiger charge is -2.14. The molecule has 1 heterocycles. The van der Waals surface area contributed by atoms with Crippen LogP contribution in [-0.4, -0.2) is 29.3 Å². The molecule has 1 N–H and O–H groups in total. The lowest BCUT2D eigenvalue weighted by Crippen LogP contribution is -2.12. The molecular weight excluding hydrogens is 394 g/mol. The maximum absolute atomic E-state index is 12.4. The monoisotopic (exact) mass is 423 g/mol. The summed E-state index contributed by atoms with van der Waals surface area (Å²) in [5.74, 6) is 2.13. The Bertz CT molecular complexity index is 983. The van der Waals surface area contributed by atoms with Gasteiger partial charge in [0.15, 0.2) is 11.5 Å². The summed E-state index contributed by atoms with van der Waals surface area (Å²) in [6, 6.07) is 13.3. The molecule has 7 heteroatoms.